The summed E-state index contributed by atoms with van der Waals surface area (Å²) in [6, 6.07) is 11.6. The molecule has 0 saturated carbocycles. The minimum absolute atomic E-state index is 0.0732. The zero-order chi connectivity index (χ0) is 27.4. The van der Waals surface area contributed by atoms with E-state index in [4.69, 9.17) is 20.8 Å². The van der Waals surface area contributed by atoms with E-state index in [0.717, 1.165) is 24.0 Å². The Labute approximate surface area is 222 Å². The fourth-order valence-corrected chi connectivity index (χ4v) is 4.85. The van der Waals surface area contributed by atoms with Gasteiger partial charge < -0.3 is 20.6 Å². The van der Waals surface area contributed by atoms with Gasteiger partial charge in [0.2, 0.25) is 0 Å². The van der Waals surface area contributed by atoms with Crippen LogP contribution < -0.4 is 10.6 Å². The first-order chi connectivity index (χ1) is 18.2. The smallest absolute Gasteiger partial charge is 0.179 e. The normalized spacial score (nSPS) is 16.2. The fourth-order valence-electron chi connectivity index (χ4n) is 4.85. The summed E-state index contributed by atoms with van der Waals surface area (Å²) < 4.78 is 8.03. The SMILES string of the molecule is CC(=NC1CCN(C#N)CC1)/C(=N\N)c1cc(OC(C)c2ccccc2C(C)(C)O)c2c(C#N)cnn2c1. The van der Waals surface area contributed by atoms with Gasteiger partial charge in [-0.25, -0.2) is 4.52 Å². The molecule has 0 bridgehead atoms. The average Bonchev–Trinajstić information content (AvgIpc) is 3.32. The maximum absolute atomic E-state index is 10.7. The number of nitrogens with two attached hydrogens (primary N) is 1. The Morgan fingerprint density at radius 3 is 2.61 bits per heavy atom. The van der Waals surface area contributed by atoms with Gasteiger partial charge in [-0.05, 0) is 57.7 Å². The third-order valence-corrected chi connectivity index (χ3v) is 6.79. The lowest BCUT2D eigenvalue weighted by Crippen LogP contribution is -2.32. The molecule has 3 heterocycles. The van der Waals surface area contributed by atoms with E-state index in [-0.39, 0.29) is 6.04 Å². The molecule has 1 aliphatic heterocycles. The van der Waals surface area contributed by atoms with Crippen LogP contribution >= 0.6 is 0 Å². The number of aromatic nitrogens is 2. The molecule has 1 aromatic carbocycles. The Morgan fingerprint density at radius 2 is 1.97 bits per heavy atom. The monoisotopic (exact) mass is 512 g/mol. The lowest BCUT2D eigenvalue weighted by atomic mass is 9.91. The molecule has 3 aromatic rings. The van der Waals surface area contributed by atoms with Crippen molar-refractivity contribution in [2.24, 2.45) is 15.9 Å². The topological polar surface area (TPSA) is 148 Å². The van der Waals surface area contributed by atoms with E-state index in [0.29, 0.717) is 46.9 Å². The number of nitrogens with zero attached hydrogens (tertiary/aromatic N) is 7. The molecule has 10 nitrogen and oxygen atoms in total. The maximum Gasteiger partial charge on any atom is 0.179 e. The molecule has 1 saturated heterocycles. The zero-order valence-corrected chi connectivity index (χ0v) is 22.1. The number of piperidine rings is 1. The highest BCUT2D eigenvalue weighted by Gasteiger charge is 2.25. The highest BCUT2D eigenvalue weighted by Crippen LogP contribution is 2.34. The van der Waals surface area contributed by atoms with Crippen molar-refractivity contribution in [2.75, 3.05) is 13.1 Å². The molecule has 0 radical (unpaired) electrons. The van der Waals surface area contributed by atoms with Crippen molar-refractivity contribution in [1.29, 1.82) is 10.5 Å². The quantitative estimate of drug-likeness (QED) is 0.212. The third-order valence-electron chi connectivity index (χ3n) is 6.79. The maximum atomic E-state index is 10.7. The molecule has 38 heavy (non-hydrogen) atoms. The van der Waals surface area contributed by atoms with Crippen LogP contribution in [0.5, 0.6) is 5.75 Å². The molecule has 0 aliphatic carbocycles. The molecule has 1 atom stereocenters. The molecule has 0 amide bonds. The Hall–Kier alpha value is -4.41. The van der Waals surface area contributed by atoms with Gasteiger partial charge in [0, 0.05) is 24.8 Å². The summed E-state index contributed by atoms with van der Waals surface area (Å²) in [6.45, 7) is 8.57. The van der Waals surface area contributed by atoms with Crippen LogP contribution in [0, 0.1) is 22.8 Å². The summed E-state index contributed by atoms with van der Waals surface area (Å²) in [5.41, 5.74) is 3.21. The first-order valence-electron chi connectivity index (χ1n) is 12.5. The number of hydrogen-bond acceptors (Lipinski definition) is 9. The van der Waals surface area contributed by atoms with E-state index in [1.165, 1.54) is 6.20 Å². The number of pyridine rings is 1. The minimum atomic E-state index is -1.06. The molecule has 4 rings (SSSR count). The van der Waals surface area contributed by atoms with Crippen molar-refractivity contribution >= 4 is 16.9 Å². The van der Waals surface area contributed by atoms with Crippen LogP contribution in [0.15, 0.2) is 52.8 Å². The number of fused-ring (bicyclic) bond motifs is 1. The molecule has 1 fully saturated rings. The van der Waals surface area contributed by atoms with Crippen LogP contribution in [-0.2, 0) is 5.60 Å². The van der Waals surface area contributed by atoms with Gasteiger partial charge in [0.25, 0.3) is 0 Å². The number of benzene rings is 1. The van der Waals surface area contributed by atoms with Crippen molar-refractivity contribution < 1.29 is 9.84 Å². The molecule has 10 heteroatoms. The number of aliphatic hydroxyl groups is 1. The number of rotatable bonds is 7. The van der Waals surface area contributed by atoms with Crippen LogP contribution in [0.3, 0.4) is 0 Å². The van der Waals surface area contributed by atoms with Gasteiger partial charge in [0.05, 0.1) is 23.6 Å². The van der Waals surface area contributed by atoms with Crippen molar-refractivity contribution in [3.8, 4) is 18.0 Å². The number of aliphatic imine (C=N–C) groups is 1. The van der Waals surface area contributed by atoms with Crippen LogP contribution in [0.2, 0.25) is 0 Å². The van der Waals surface area contributed by atoms with E-state index in [1.807, 2.05) is 38.1 Å². The predicted molar refractivity (Wildman–Crippen MR) is 145 cm³/mol. The van der Waals surface area contributed by atoms with E-state index in [2.05, 4.69) is 22.5 Å². The minimum Gasteiger partial charge on any atom is -0.484 e. The molecule has 3 N–H and O–H groups in total. The number of nitriles is 2. The van der Waals surface area contributed by atoms with E-state index in [1.54, 1.807) is 35.5 Å². The van der Waals surface area contributed by atoms with E-state index in [9.17, 15) is 10.4 Å². The number of likely N-dealkylation sites (tertiary alicyclic amines) is 1. The Balaban J connectivity index is 1.72. The van der Waals surface area contributed by atoms with Crippen molar-refractivity contribution in [3.63, 3.8) is 0 Å². The number of hydrazone groups is 1. The molecule has 2 aromatic heterocycles. The first kappa shape index (κ1) is 26.6. The highest BCUT2D eigenvalue weighted by atomic mass is 16.5. The number of ether oxygens (including phenoxy) is 1. The molecular formula is C28H32N8O2. The highest BCUT2D eigenvalue weighted by molar-refractivity contribution is 6.47. The Morgan fingerprint density at radius 1 is 1.26 bits per heavy atom. The van der Waals surface area contributed by atoms with Crippen LogP contribution in [-0.4, -0.2) is 50.2 Å². The summed E-state index contributed by atoms with van der Waals surface area (Å²) in [5.74, 6) is 6.28. The van der Waals surface area contributed by atoms with Crippen molar-refractivity contribution in [3.05, 3.63) is 65.0 Å². The second-order valence-corrected chi connectivity index (χ2v) is 9.97. The standard InChI is InChI=1S/C28H32N8O2/c1-18(33-22-9-11-35(17-30)12-10-22)26(34-31)20-13-25(27-21(14-29)15-32-36(27)16-20)38-19(2)23-7-5-6-8-24(23)28(3,4)37/h5-8,13,15-16,19,22,37H,9-12,31H2,1-4H3/b33-18?,34-26+. The second-order valence-electron chi connectivity index (χ2n) is 9.97. The Bertz CT molecular complexity index is 1460. The zero-order valence-electron chi connectivity index (χ0n) is 22.1. The van der Waals surface area contributed by atoms with Gasteiger partial charge in [-0.15, -0.1) is 0 Å². The van der Waals surface area contributed by atoms with Gasteiger partial charge in [-0.3, -0.25) is 4.99 Å². The van der Waals surface area contributed by atoms with E-state index < -0.39 is 11.7 Å². The average molecular weight is 513 g/mol. The third kappa shape index (κ3) is 5.46. The molecular weight excluding hydrogens is 480 g/mol. The summed E-state index contributed by atoms with van der Waals surface area (Å²) >= 11 is 0. The van der Waals surface area contributed by atoms with Gasteiger partial charge in [0.1, 0.15) is 34.7 Å². The van der Waals surface area contributed by atoms with Gasteiger partial charge in [0.15, 0.2) is 6.19 Å². The lowest BCUT2D eigenvalue weighted by Gasteiger charge is -2.26. The fraction of sp³-hybridized carbons (Fsp3) is 0.393. The van der Waals surface area contributed by atoms with Crippen molar-refractivity contribution in [2.45, 2.75) is 58.3 Å². The Kier molecular flexibility index (Phi) is 7.65. The van der Waals surface area contributed by atoms with E-state index >= 15 is 0 Å². The van der Waals surface area contributed by atoms with Crippen LogP contribution in [0.25, 0.3) is 5.52 Å². The van der Waals surface area contributed by atoms with Gasteiger partial charge in [-0.2, -0.15) is 20.7 Å². The van der Waals surface area contributed by atoms with Gasteiger partial charge in [-0.1, -0.05) is 24.3 Å². The van der Waals surface area contributed by atoms with Gasteiger partial charge >= 0.3 is 0 Å². The molecule has 1 unspecified atom stereocenters. The lowest BCUT2D eigenvalue weighted by molar-refractivity contribution is 0.0747. The summed E-state index contributed by atoms with van der Waals surface area (Å²) in [5, 5.41) is 37.9. The number of hydrogen-bond donors (Lipinski definition) is 2. The van der Waals surface area contributed by atoms with Crippen molar-refractivity contribution in [1.82, 2.24) is 14.5 Å². The van der Waals surface area contributed by atoms with Crippen LogP contribution in [0.4, 0.5) is 0 Å². The first-order valence-corrected chi connectivity index (χ1v) is 12.5. The summed E-state index contributed by atoms with van der Waals surface area (Å²) in [6.07, 6.45) is 6.54. The molecule has 0 spiro atoms. The second kappa shape index (κ2) is 10.9. The molecule has 196 valence electrons. The molecule has 1 aliphatic rings. The van der Waals surface area contributed by atoms with Crippen LogP contribution in [0.1, 0.15) is 68.9 Å². The largest absolute Gasteiger partial charge is 0.484 e. The predicted octanol–water partition coefficient (Wildman–Crippen LogP) is 3.64. The summed E-state index contributed by atoms with van der Waals surface area (Å²) in [4.78, 5) is 6.58. The summed E-state index contributed by atoms with van der Waals surface area (Å²) in [7, 11) is 0.